The molecule has 0 saturated carbocycles. The Balaban J connectivity index is 2.33. The highest BCUT2D eigenvalue weighted by Gasteiger charge is 2.22. The molecule has 1 amide bonds. The van der Waals surface area contributed by atoms with Gasteiger partial charge in [-0.25, -0.2) is 0 Å². The molecule has 1 rings (SSSR count). The van der Waals surface area contributed by atoms with Crippen molar-refractivity contribution in [2.45, 2.75) is 18.9 Å². The minimum absolute atomic E-state index is 0.0461. The molecule has 0 bridgehead atoms. The lowest BCUT2D eigenvalue weighted by Gasteiger charge is -2.28. The Labute approximate surface area is 93.0 Å². The quantitative estimate of drug-likeness (QED) is 0.698. The van der Waals surface area contributed by atoms with Crippen LogP contribution in [0, 0.1) is 0 Å². The van der Waals surface area contributed by atoms with E-state index in [1.807, 2.05) is 11.8 Å². The maximum Gasteiger partial charge on any atom is 0.303 e. The second-order valence-corrected chi connectivity index (χ2v) is 4.70. The molecular formula is C9H16N2O3S. The van der Waals surface area contributed by atoms with Gasteiger partial charge in [-0.05, 0) is 6.42 Å². The summed E-state index contributed by atoms with van der Waals surface area (Å²) in [7, 11) is 0. The largest absolute Gasteiger partial charge is 0.481 e. The number of hydrogen-bond acceptors (Lipinski definition) is 4. The van der Waals surface area contributed by atoms with Crippen LogP contribution in [0.25, 0.3) is 0 Å². The Kier molecular flexibility index (Phi) is 4.90. The molecule has 0 aromatic carbocycles. The number of hydrogen-bond donors (Lipinski definition) is 2. The Morgan fingerprint density at radius 1 is 1.40 bits per heavy atom. The molecule has 0 aromatic heterocycles. The Morgan fingerprint density at radius 2 is 2.00 bits per heavy atom. The molecule has 3 N–H and O–H groups in total. The van der Waals surface area contributed by atoms with Crippen LogP contribution in [0.1, 0.15) is 12.8 Å². The molecule has 1 atom stereocenters. The van der Waals surface area contributed by atoms with Crippen LogP contribution in [0.3, 0.4) is 0 Å². The lowest BCUT2D eigenvalue weighted by atomic mass is 10.1. The topological polar surface area (TPSA) is 83.6 Å². The van der Waals surface area contributed by atoms with Gasteiger partial charge in [0, 0.05) is 31.0 Å². The molecule has 1 aliphatic heterocycles. The van der Waals surface area contributed by atoms with Gasteiger partial charge in [-0.15, -0.1) is 0 Å². The molecule has 6 heteroatoms. The van der Waals surface area contributed by atoms with E-state index >= 15 is 0 Å². The van der Waals surface area contributed by atoms with Crippen molar-refractivity contribution in [3.63, 3.8) is 0 Å². The zero-order valence-electron chi connectivity index (χ0n) is 8.52. The van der Waals surface area contributed by atoms with E-state index in [4.69, 9.17) is 10.8 Å². The summed E-state index contributed by atoms with van der Waals surface area (Å²) in [5.74, 6) is 0.860. The van der Waals surface area contributed by atoms with E-state index in [1.54, 1.807) is 4.90 Å². The van der Waals surface area contributed by atoms with Crippen LogP contribution >= 0.6 is 11.8 Å². The summed E-state index contributed by atoms with van der Waals surface area (Å²) >= 11 is 1.82. The van der Waals surface area contributed by atoms with Crippen LogP contribution in [0.4, 0.5) is 0 Å². The summed E-state index contributed by atoms with van der Waals surface area (Å²) in [6, 6.07) is -0.663. The van der Waals surface area contributed by atoms with E-state index in [1.165, 1.54) is 0 Å². The van der Waals surface area contributed by atoms with Gasteiger partial charge >= 0.3 is 5.97 Å². The second-order valence-electron chi connectivity index (χ2n) is 3.48. The fourth-order valence-corrected chi connectivity index (χ4v) is 2.32. The first-order valence-corrected chi connectivity index (χ1v) is 6.10. The van der Waals surface area contributed by atoms with Gasteiger partial charge < -0.3 is 15.7 Å². The first kappa shape index (κ1) is 12.3. The summed E-state index contributed by atoms with van der Waals surface area (Å²) in [4.78, 5) is 23.8. The molecule has 0 aliphatic carbocycles. The molecule has 0 aromatic rings. The standard InChI is InChI=1S/C9H16N2O3S/c10-7(1-2-8(12)13)9(14)11-3-5-15-6-4-11/h7H,1-6,10H2,(H,12,13). The number of carboxylic acid groups (broad SMARTS) is 1. The predicted octanol–water partition coefficient (Wildman–Crippen LogP) is -0.246. The highest BCUT2D eigenvalue weighted by molar-refractivity contribution is 7.99. The number of thioether (sulfide) groups is 1. The van der Waals surface area contributed by atoms with Gasteiger partial charge in [0.2, 0.25) is 5.91 Å². The molecule has 0 spiro atoms. The normalized spacial score (nSPS) is 18.6. The number of amides is 1. The predicted molar refractivity (Wildman–Crippen MR) is 58.8 cm³/mol. The molecule has 0 radical (unpaired) electrons. The first-order valence-electron chi connectivity index (χ1n) is 4.95. The third kappa shape index (κ3) is 4.09. The minimum atomic E-state index is -0.910. The highest BCUT2D eigenvalue weighted by atomic mass is 32.2. The maximum atomic E-state index is 11.7. The summed E-state index contributed by atoms with van der Waals surface area (Å²) in [5.41, 5.74) is 5.64. The number of carbonyl (C=O) groups excluding carboxylic acids is 1. The van der Waals surface area contributed by atoms with Gasteiger partial charge in [0.15, 0.2) is 0 Å². The summed E-state index contributed by atoms with van der Waals surface area (Å²) in [6.07, 6.45) is 0.174. The van der Waals surface area contributed by atoms with E-state index in [0.29, 0.717) is 0 Å². The molecule has 86 valence electrons. The van der Waals surface area contributed by atoms with Gasteiger partial charge in [-0.2, -0.15) is 11.8 Å². The van der Waals surface area contributed by atoms with Crippen LogP contribution in [0.2, 0.25) is 0 Å². The molecule has 1 aliphatic rings. The summed E-state index contributed by atoms with van der Waals surface area (Å²) in [5, 5.41) is 8.47. The molecule has 1 heterocycles. The molecule has 1 fully saturated rings. The lowest BCUT2D eigenvalue weighted by Crippen LogP contribution is -2.47. The van der Waals surface area contributed by atoms with Crippen LogP contribution in [0.5, 0.6) is 0 Å². The van der Waals surface area contributed by atoms with Crippen molar-refractivity contribution >= 4 is 23.6 Å². The minimum Gasteiger partial charge on any atom is -0.481 e. The number of carbonyl (C=O) groups is 2. The maximum absolute atomic E-state index is 11.7. The Morgan fingerprint density at radius 3 is 2.53 bits per heavy atom. The summed E-state index contributed by atoms with van der Waals surface area (Å²) < 4.78 is 0. The second kappa shape index (κ2) is 5.97. The van der Waals surface area contributed by atoms with Crippen molar-refractivity contribution in [1.29, 1.82) is 0 Å². The van der Waals surface area contributed by atoms with E-state index in [-0.39, 0.29) is 18.7 Å². The average molecular weight is 232 g/mol. The number of rotatable bonds is 4. The summed E-state index contributed by atoms with van der Waals surface area (Å²) in [6.45, 7) is 1.45. The fraction of sp³-hybridized carbons (Fsp3) is 0.778. The van der Waals surface area contributed by atoms with E-state index in [9.17, 15) is 9.59 Å². The van der Waals surface area contributed by atoms with Crippen molar-refractivity contribution < 1.29 is 14.7 Å². The van der Waals surface area contributed by atoms with Crippen molar-refractivity contribution in [3.05, 3.63) is 0 Å². The Hall–Kier alpha value is -0.750. The molecule has 5 nitrogen and oxygen atoms in total. The van der Waals surface area contributed by atoms with Crippen LogP contribution < -0.4 is 5.73 Å². The number of aliphatic carboxylic acids is 1. The molecular weight excluding hydrogens is 216 g/mol. The van der Waals surface area contributed by atoms with Crippen molar-refractivity contribution in [2.24, 2.45) is 5.73 Å². The van der Waals surface area contributed by atoms with Crippen molar-refractivity contribution in [2.75, 3.05) is 24.6 Å². The van der Waals surface area contributed by atoms with Crippen molar-refractivity contribution in [1.82, 2.24) is 4.90 Å². The zero-order valence-corrected chi connectivity index (χ0v) is 9.33. The number of carboxylic acids is 1. The number of nitrogens with zero attached hydrogens (tertiary/aromatic N) is 1. The van der Waals surface area contributed by atoms with E-state index in [0.717, 1.165) is 24.6 Å². The van der Waals surface area contributed by atoms with Crippen LogP contribution in [-0.2, 0) is 9.59 Å². The lowest BCUT2D eigenvalue weighted by molar-refractivity contribution is -0.137. The van der Waals surface area contributed by atoms with Crippen LogP contribution in [-0.4, -0.2) is 52.5 Å². The third-order valence-electron chi connectivity index (χ3n) is 2.31. The first-order chi connectivity index (χ1) is 7.11. The van der Waals surface area contributed by atoms with Gasteiger partial charge in [-0.1, -0.05) is 0 Å². The average Bonchev–Trinajstić information content (AvgIpc) is 2.26. The molecule has 1 unspecified atom stereocenters. The highest BCUT2D eigenvalue weighted by Crippen LogP contribution is 2.11. The van der Waals surface area contributed by atoms with Gasteiger partial charge in [0.05, 0.1) is 6.04 Å². The van der Waals surface area contributed by atoms with Crippen LogP contribution in [0.15, 0.2) is 0 Å². The smallest absolute Gasteiger partial charge is 0.303 e. The zero-order chi connectivity index (χ0) is 11.3. The van der Waals surface area contributed by atoms with E-state index < -0.39 is 12.0 Å². The van der Waals surface area contributed by atoms with Gasteiger partial charge in [0.25, 0.3) is 0 Å². The SMILES string of the molecule is NC(CCC(=O)O)C(=O)N1CCSCC1. The third-order valence-corrected chi connectivity index (χ3v) is 3.25. The Bertz CT molecular complexity index is 242. The number of nitrogens with two attached hydrogens (primary N) is 1. The fourth-order valence-electron chi connectivity index (χ4n) is 1.42. The monoisotopic (exact) mass is 232 g/mol. The van der Waals surface area contributed by atoms with Crippen molar-refractivity contribution in [3.8, 4) is 0 Å². The van der Waals surface area contributed by atoms with Gasteiger partial charge in [0.1, 0.15) is 0 Å². The van der Waals surface area contributed by atoms with Gasteiger partial charge in [-0.3, -0.25) is 9.59 Å². The molecule has 15 heavy (non-hydrogen) atoms. The van der Waals surface area contributed by atoms with E-state index in [2.05, 4.69) is 0 Å². The molecule has 1 saturated heterocycles.